The van der Waals surface area contributed by atoms with Crippen molar-refractivity contribution in [3.8, 4) is 11.4 Å². The van der Waals surface area contributed by atoms with E-state index in [2.05, 4.69) is 86.9 Å². The van der Waals surface area contributed by atoms with E-state index in [0.29, 0.717) is 17.9 Å². The lowest BCUT2D eigenvalue weighted by Crippen LogP contribution is -2.44. The van der Waals surface area contributed by atoms with Gasteiger partial charge in [-0.3, -0.25) is 19.3 Å². The van der Waals surface area contributed by atoms with Gasteiger partial charge in [-0.05, 0) is 75.6 Å². The lowest BCUT2D eigenvalue weighted by Gasteiger charge is -2.39. The number of carbonyl (C=O) groups is 1. The highest BCUT2D eigenvalue weighted by Crippen LogP contribution is 2.39. The number of rotatable bonds is 9. The molecule has 0 spiro atoms. The molecule has 1 aromatic carbocycles. The maximum absolute atomic E-state index is 13.8. The van der Waals surface area contributed by atoms with Crippen LogP contribution in [0.5, 0.6) is 5.75 Å². The molecular weight excluding hydrogens is 695 g/mol. The van der Waals surface area contributed by atoms with Gasteiger partial charge in [0.1, 0.15) is 23.4 Å². The summed E-state index contributed by atoms with van der Waals surface area (Å²) < 4.78 is 18.1. The van der Waals surface area contributed by atoms with E-state index in [1.165, 1.54) is 6.42 Å². The third kappa shape index (κ3) is 8.06. The number of fused-ring (bicyclic) bond motifs is 2. The van der Waals surface area contributed by atoms with Crippen molar-refractivity contribution in [1.82, 2.24) is 44.4 Å². The molecule has 4 aromatic heterocycles. The highest BCUT2D eigenvalue weighted by atomic mass is 16.5. The van der Waals surface area contributed by atoms with Crippen LogP contribution in [-0.4, -0.2) is 90.0 Å². The summed E-state index contributed by atoms with van der Waals surface area (Å²) in [6.45, 7) is 16.1. The molecule has 2 fully saturated rings. The molecule has 0 saturated carbocycles. The van der Waals surface area contributed by atoms with E-state index in [0.717, 1.165) is 111 Å². The smallest absolute Gasteiger partial charge is 0.320 e. The number of nitrogens with zero attached hydrogens (tertiary/aromatic N) is 9. The van der Waals surface area contributed by atoms with E-state index in [1.807, 2.05) is 53.6 Å². The number of aromatic nitrogens is 7. The monoisotopic (exact) mass is 749 g/mol. The summed E-state index contributed by atoms with van der Waals surface area (Å²) in [4.78, 5) is 18.6. The van der Waals surface area contributed by atoms with Crippen LogP contribution in [0.3, 0.4) is 0 Å². The Bertz CT molecular complexity index is 2080. The SMILES string of the molecule is C[C@@H]1CCC[C@H](C)N1c1nnc2ccc(O[C@@H]3CC[C@H](NC(=O)Nc4cc(C(C)(C)C)nn4-c4cnn(CCN5CCCOCC5)c4)c4ccccc43)cn12. The standard InChI is InChI=1S/C41H55N11O3/c1-28-10-8-11-29(2)51(28)40-46-45-37-17-14-31(27-50(37)40)55-35-16-15-34(32-12-6-7-13-33(32)35)43-39(53)44-38-24-36(41(3,4)5)47-52(38)30-25-42-49(26-30)20-19-48-18-9-22-54-23-21-48/h6-7,12-14,17,24-29,34-35H,8-11,15-16,18-23H2,1-5H3,(H2,43,44,53)/t28-,29+,34-,35+/m0/s1. The number of urea groups is 1. The second-order valence-electron chi connectivity index (χ2n) is 16.4. The minimum atomic E-state index is -0.289. The minimum Gasteiger partial charge on any atom is -0.484 e. The van der Waals surface area contributed by atoms with Gasteiger partial charge in [0.05, 0.1) is 43.5 Å². The van der Waals surface area contributed by atoms with E-state index in [-0.39, 0.29) is 23.6 Å². The summed E-state index contributed by atoms with van der Waals surface area (Å²) in [7, 11) is 0. The molecule has 4 atom stereocenters. The number of piperidine rings is 1. The Morgan fingerprint density at radius 3 is 2.56 bits per heavy atom. The van der Waals surface area contributed by atoms with Crippen molar-refractivity contribution in [2.45, 2.75) is 109 Å². The third-order valence-corrected chi connectivity index (χ3v) is 11.3. The molecule has 55 heavy (non-hydrogen) atoms. The molecule has 292 valence electrons. The number of amides is 2. The summed E-state index contributed by atoms with van der Waals surface area (Å²) in [5, 5.41) is 25.0. The van der Waals surface area contributed by atoms with E-state index >= 15 is 0 Å². The molecule has 0 radical (unpaired) electrons. The fraction of sp³-hybridized carbons (Fsp3) is 0.537. The second kappa shape index (κ2) is 15.7. The zero-order valence-corrected chi connectivity index (χ0v) is 32.8. The molecule has 0 unspecified atom stereocenters. The first-order chi connectivity index (χ1) is 26.6. The van der Waals surface area contributed by atoms with Crippen molar-refractivity contribution < 1.29 is 14.3 Å². The number of carbonyl (C=O) groups excluding carboxylic acids is 1. The number of nitrogens with one attached hydrogen (secondary N) is 2. The first-order valence-corrected chi connectivity index (χ1v) is 20.0. The lowest BCUT2D eigenvalue weighted by atomic mass is 9.85. The average Bonchev–Trinajstić information content (AvgIpc) is 3.86. The molecule has 6 heterocycles. The highest BCUT2D eigenvalue weighted by Gasteiger charge is 2.32. The van der Waals surface area contributed by atoms with Gasteiger partial charge < -0.3 is 19.7 Å². The normalized spacial score (nSPS) is 22.3. The number of pyridine rings is 1. The van der Waals surface area contributed by atoms with Gasteiger partial charge in [0.25, 0.3) is 0 Å². The van der Waals surface area contributed by atoms with Crippen molar-refractivity contribution in [1.29, 1.82) is 0 Å². The second-order valence-corrected chi connectivity index (χ2v) is 16.4. The zero-order chi connectivity index (χ0) is 38.1. The van der Waals surface area contributed by atoms with Crippen LogP contribution >= 0.6 is 0 Å². The minimum absolute atomic E-state index is 0.164. The molecule has 8 rings (SSSR count). The van der Waals surface area contributed by atoms with Gasteiger partial charge in [-0.15, -0.1) is 10.2 Å². The number of hydrogen-bond acceptors (Lipinski definition) is 9. The summed E-state index contributed by atoms with van der Waals surface area (Å²) in [6.07, 6.45) is 11.7. The topological polar surface area (TPSA) is 132 Å². The Morgan fingerprint density at radius 2 is 1.75 bits per heavy atom. The van der Waals surface area contributed by atoms with Crippen molar-refractivity contribution in [2.24, 2.45) is 0 Å². The molecule has 14 nitrogen and oxygen atoms in total. The number of hydrogen-bond donors (Lipinski definition) is 2. The molecule has 2 aliphatic heterocycles. The summed E-state index contributed by atoms with van der Waals surface area (Å²) in [5.74, 6) is 2.22. The third-order valence-electron chi connectivity index (χ3n) is 11.3. The van der Waals surface area contributed by atoms with Crippen LogP contribution in [0.2, 0.25) is 0 Å². The van der Waals surface area contributed by atoms with Crippen LogP contribution in [-0.2, 0) is 16.7 Å². The van der Waals surface area contributed by atoms with Gasteiger partial charge in [-0.25, -0.2) is 9.48 Å². The number of benzene rings is 1. The Hall–Kier alpha value is -4.95. The number of anilines is 2. The van der Waals surface area contributed by atoms with Crippen LogP contribution < -0.4 is 20.3 Å². The predicted octanol–water partition coefficient (Wildman–Crippen LogP) is 6.68. The van der Waals surface area contributed by atoms with E-state index in [1.54, 1.807) is 4.68 Å². The molecule has 0 bridgehead atoms. The van der Waals surface area contributed by atoms with E-state index in [4.69, 9.17) is 14.6 Å². The van der Waals surface area contributed by atoms with E-state index in [9.17, 15) is 4.79 Å². The highest BCUT2D eigenvalue weighted by molar-refractivity contribution is 5.89. The predicted molar refractivity (Wildman–Crippen MR) is 212 cm³/mol. The summed E-state index contributed by atoms with van der Waals surface area (Å²) in [5.41, 5.74) is 4.38. The Balaban J connectivity index is 0.962. The molecule has 2 amide bonds. The van der Waals surface area contributed by atoms with Crippen LogP contribution in [0.25, 0.3) is 11.3 Å². The maximum atomic E-state index is 13.8. The lowest BCUT2D eigenvalue weighted by molar-refractivity contribution is 0.140. The Kier molecular flexibility index (Phi) is 10.5. The van der Waals surface area contributed by atoms with Crippen LogP contribution in [0.4, 0.5) is 16.6 Å². The summed E-state index contributed by atoms with van der Waals surface area (Å²) in [6, 6.07) is 14.5. The fourth-order valence-electron chi connectivity index (χ4n) is 8.30. The van der Waals surface area contributed by atoms with Gasteiger partial charge in [0.2, 0.25) is 5.95 Å². The van der Waals surface area contributed by atoms with Gasteiger partial charge in [0.15, 0.2) is 5.65 Å². The first kappa shape index (κ1) is 37.0. The molecule has 2 saturated heterocycles. The fourth-order valence-corrected chi connectivity index (χ4v) is 8.30. The van der Waals surface area contributed by atoms with Gasteiger partial charge in [0, 0.05) is 49.8 Å². The first-order valence-electron chi connectivity index (χ1n) is 20.0. The number of ether oxygens (including phenoxy) is 2. The van der Waals surface area contributed by atoms with Crippen molar-refractivity contribution in [3.63, 3.8) is 0 Å². The Morgan fingerprint density at radius 1 is 0.927 bits per heavy atom. The average molecular weight is 750 g/mol. The quantitative estimate of drug-likeness (QED) is 0.170. The van der Waals surface area contributed by atoms with Crippen molar-refractivity contribution in [2.75, 3.05) is 43.1 Å². The maximum Gasteiger partial charge on any atom is 0.320 e. The van der Waals surface area contributed by atoms with Crippen LogP contribution in [0.15, 0.2) is 61.1 Å². The summed E-state index contributed by atoms with van der Waals surface area (Å²) >= 11 is 0. The van der Waals surface area contributed by atoms with Gasteiger partial charge in [-0.1, -0.05) is 45.0 Å². The molecule has 2 N–H and O–H groups in total. The van der Waals surface area contributed by atoms with Crippen LogP contribution in [0, 0.1) is 0 Å². The van der Waals surface area contributed by atoms with Gasteiger partial charge >= 0.3 is 6.03 Å². The molecular formula is C41H55N11O3. The molecule has 1 aliphatic carbocycles. The van der Waals surface area contributed by atoms with Crippen LogP contribution in [0.1, 0.15) is 102 Å². The molecule has 5 aromatic rings. The van der Waals surface area contributed by atoms with Crippen molar-refractivity contribution in [3.05, 3.63) is 77.9 Å². The molecule has 14 heteroatoms. The largest absolute Gasteiger partial charge is 0.484 e. The van der Waals surface area contributed by atoms with Gasteiger partial charge in [-0.2, -0.15) is 10.2 Å². The Labute approximate surface area is 323 Å². The van der Waals surface area contributed by atoms with E-state index < -0.39 is 0 Å². The molecule has 3 aliphatic rings. The zero-order valence-electron chi connectivity index (χ0n) is 32.8. The van der Waals surface area contributed by atoms with Crippen molar-refractivity contribution >= 4 is 23.4 Å².